The summed E-state index contributed by atoms with van der Waals surface area (Å²) in [5.41, 5.74) is 0.845. The lowest BCUT2D eigenvalue weighted by Crippen LogP contribution is -2.07. The number of hydrogen-bond donors (Lipinski definition) is 1. The van der Waals surface area contributed by atoms with Gasteiger partial charge in [-0.2, -0.15) is 0 Å². The highest BCUT2D eigenvalue weighted by Crippen LogP contribution is 2.28. The number of hydrogen-bond acceptors (Lipinski definition) is 6. The van der Waals surface area contributed by atoms with E-state index >= 15 is 0 Å². The van der Waals surface area contributed by atoms with Crippen LogP contribution in [0.1, 0.15) is 30.8 Å². The number of ether oxygens (including phenoxy) is 2. The van der Waals surface area contributed by atoms with Crippen LogP contribution >= 0.6 is 11.3 Å². The lowest BCUT2D eigenvalue weighted by atomic mass is 10.2. The number of aromatic nitrogens is 2. The summed E-state index contributed by atoms with van der Waals surface area (Å²) in [4.78, 5) is 11.9. The van der Waals surface area contributed by atoms with Gasteiger partial charge in [-0.05, 0) is 36.6 Å². The van der Waals surface area contributed by atoms with Crippen LogP contribution in [0.4, 0.5) is 5.13 Å². The van der Waals surface area contributed by atoms with Crippen molar-refractivity contribution in [2.45, 2.75) is 26.7 Å². The van der Waals surface area contributed by atoms with Gasteiger partial charge in [-0.1, -0.05) is 31.3 Å². The second kappa shape index (κ2) is 9.02. The highest BCUT2D eigenvalue weighted by atomic mass is 32.1. The van der Waals surface area contributed by atoms with Gasteiger partial charge in [0, 0.05) is 6.08 Å². The Morgan fingerprint density at radius 3 is 2.79 bits per heavy atom. The molecule has 1 aromatic carbocycles. The zero-order valence-electron chi connectivity index (χ0n) is 14.0. The Kier molecular flexibility index (Phi) is 6.74. The van der Waals surface area contributed by atoms with Crippen LogP contribution in [-0.2, 0) is 11.2 Å². The number of methoxy groups -OCH3 is 1. The third-order valence-corrected chi connectivity index (χ3v) is 4.06. The SMILES string of the molecule is CCCOc1ccc(/C=C/C(=O)Nc2nnc(CC)s2)cc1OC. The molecule has 0 aliphatic carbocycles. The van der Waals surface area contributed by atoms with E-state index in [0.29, 0.717) is 23.2 Å². The van der Waals surface area contributed by atoms with Crippen molar-refractivity contribution in [1.82, 2.24) is 10.2 Å². The third-order valence-electron chi connectivity index (χ3n) is 3.08. The molecule has 0 saturated carbocycles. The molecule has 1 heterocycles. The van der Waals surface area contributed by atoms with Gasteiger partial charge < -0.3 is 9.47 Å². The maximum atomic E-state index is 11.9. The standard InChI is InChI=1S/C17H21N3O3S/c1-4-10-23-13-8-6-12(11-14(13)22-3)7-9-15(21)18-17-20-19-16(5-2)24-17/h6-9,11H,4-5,10H2,1-3H3,(H,18,20,21)/b9-7+. The second-order valence-electron chi connectivity index (χ2n) is 4.94. The Bertz CT molecular complexity index is 713. The molecule has 0 atom stereocenters. The first-order chi connectivity index (χ1) is 11.7. The zero-order chi connectivity index (χ0) is 17.4. The molecular weight excluding hydrogens is 326 g/mol. The van der Waals surface area contributed by atoms with Crippen LogP contribution in [-0.4, -0.2) is 29.8 Å². The summed E-state index contributed by atoms with van der Waals surface area (Å²) in [6.45, 7) is 4.67. The molecular formula is C17H21N3O3S. The molecule has 128 valence electrons. The van der Waals surface area contributed by atoms with E-state index in [-0.39, 0.29) is 5.91 Å². The van der Waals surface area contributed by atoms with Crippen molar-refractivity contribution in [3.05, 3.63) is 34.8 Å². The fourth-order valence-corrected chi connectivity index (χ4v) is 2.57. The molecule has 24 heavy (non-hydrogen) atoms. The number of nitrogens with zero attached hydrogens (tertiary/aromatic N) is 2. The maximum absolute atomic E-state index is 11.9. The first-order valence-corrected chi connectivity index (χ1v) is 8.60. The second-order valence-corrected chi connectivity index (χ2v) is 6.00. The topological polar surface area (TPSA) is 73.3 Å². The molecule has 0 aliphatic rings. The van der Waals surface area contributed by atoms with Crippen LogP contribution in [0.5, 0.6) is 11.5 Å². The average molecular weight is 347 g/mol. The molecule has 0 bridgehead atoms. The lowest BCUT2D eigenvalue weighted by Gasteiger charge is -2.10. The maximum Gasteiger partial charge on any atom is 0.250 e. The first kappa shape index (κ1) is 17.9. The van der Waals surface area contributed by atoms with Crippen molar-refractivity contribution in [2.75, 3.05) is 19.0 Å². The van der Waals surface area contributed by atoms with E-state index in [1.165, 1.54) is 17.4 Å². The van der Waals surface area contributed by atoms with Gasteiger partial charge in [-0.25, -0.2) is 0 Å². The molecule has 0 aliphatic heterocycles. The van der Waals surface area contributed by atoms with Crippen LogP contribution in [0.15, 0.2) is 24.3 Å². The van der Waals surface area contributed by atoms with Crippen molar-refractivity contribution in [3.8, 4) is 11.5 Å². The normalized spacial score (nSPS) is 10.8. The Morgan fingerprint density at radius 1 is 1.29 bits per heavy atom. The summed E-state index contributed by atoms with van der Waals surface area (Å²) in [5, 5.41) is 12.0. The summed E-state index contributed by atoms with van der Waals surface area (Å²) < 4.78 is 10.9. The van der Waals surface area contributed by atoms with Gasteiger partial charge in [0.2, 0.25) is 11.0 Å². The molecule has 1 aromatic heterocycles. The average Bonchev–Trinajstić information content (AvgIpc) is 3.05. The van der Waals surface area contributed by atoms with Gasteiger partial charge in [0.05, 0.1) is 13.7 Å². The molecule has 0 spiro atoms. The number of rotatable bonds is 8. The van der Waals surface area contributed by atoms with Gasteiger partial charge in [-0.15, -0.1) is 10.2 Å². The van der Waals surface area contributed by atoms with E-state index in [1.54, 1.807) is 13.2 Å². The van der Waals surface area contributed by atoms with Crippen molar-refractivity contribution < 1.29 is 14.3 Å². The fraction of sp³-hybridized carbons (Fsp3) is 0.353. The molecule has 1 amide bonds. The Morgan fingerprint density at radius 2 is 2.12 bits per heavy atom. The van der Waals surface area contributed by atoms with Crippen molar-refractivity contribution in [1.29, 1.82) is 0 Å². The smallest absolute Gasteiger partial charge is 0.250 e. The fourth-order valence-electron chi connectivity index (χ4n) is 1.89. The largest absolute Gasteiger partial charge is 0.493 e. The lowest BCUT2D eigenvalue weighted by molar-refractivity contribution is -0.111. The minimum Gasteiger partial charge on any atom is -0.493 e. The number of aryl methyl sites for hydroxylation is 1. The Hall–Kier alpha value is -2.41. The molecule has 1 N–H and O–H groups in total. The molecule has 0 radical (unpaired) electrons. The molecule has 0 fully saturated rings. The third kappa shape index (κ3) is 5.06. The van der Waals surface area contributed by atoms with Gasteiger partial charge in [-0.3, -0.25) is 10.1 Å². The predicted octanol–water partition coefficient (Wildman–Crippen LogP) is 3.55. The molecule has 7 heteroatoms. The van der Waals surface area contributed by atoms with E-state index in [9.17, 15) is 4.79 Å². The van der Waals surface area contributed by atoms with E-state index < -0.39 is 0 Å². The van der Waals surface area contributed by atoms with Crippen LogP contribution < -0.4 is 14.8 Å². The van der Waals surface area contributed by atoms with Gasteiger partial charge in [0.1, 0.15) is 5.01 Å². The van der Waals surface area contributed by atoms with Crippen LogP contribution in [0, 0.1) is 0 Å². The van der Waals surface area contributed by atoms with E-state index in [1.807, 2.05) is 32.0 Å². The number of nitrogens with one attached hydrogen (secondary N) is 1. The van der Waals surface area contributed by atoms with Crippen molar-refractivity contribution in [3.63, 3.8) is 0 Å². The van der Waals surface area contributed by atoms with Crippen LogP contribution in [0.3, 0.4) is 0 Å². The van der Waals surface area contributed by atoms with Gasteiger partial charge in [0.15, 0.2) is 11.5 Å². The monoisotopic (exact) mass is 347 g/mol. The van der Waals surface area contributed by atoms with Crippen molar-refractivity contribution in [2.24, 2.45) is 0 Å². The summed E-state index contributed by atoms with van der Waals surface area (Å²) in [6.07, 6.45) is 4.89. The summed E-state index contributed by atoms with van der Waals surface area (Å²) in [5.74, 6) is 1.09. The zero-order valence-corrected chi connectivity index (χ0v) is 14.9. The number of amides is 1. The van der Waals surface area contributed by atoms with E-state index in [4.69, 9.17) is 9.47 Å². The predicted molar refractivity (Wildman–Crippen MR) is 95.7 cm³/mol. The van der Waals surface area contributed by atoms with E-state index in [0.717, 1.165) is 23.4 Å². The van der Waals surface area contributed by atoms with E-state index in [2.05, 4.69) is 15.5 Å². The molecule has 2 rings (SSSR count). The number of anilines is 1. The highest BCUT2D eigenvalue weighted by Gasteiger charge is 2.06. The summed E-state index contributed by atoms with van der Waals surface area (Å²) in [6, 6.07) is 5.54. The number of carbonyl (C=O) groups excluding carboxylic acids is 1. The Labute approximate surface area is 145 Å². The minimum absolute atomic E-state index is 0.251. The quantitative estimate of drug-likeness (QED) is 0.739. The summed E-state index contributed by atoms with van der Waals surface area (Å²) in [7, 11) is 1.59. The van der Waals surface area contributed by atoms with Crippen LogP contribution in [0.25, 0.3) is 6.08 Å². The molecule has 0 saturated heterocycles. The molecule has 2 aromatic rings. The number of carbonyl (C=O) groups is 1. The van der Waals surface area contributed by atoms with Gasteiger partial charge >= 0.3 is 0 Å². The Balaban J connectivity index is 2.00. The van der Waals surface area contributed by atoms with Gasteiger partial charge in [0.25, 0.3) is 0 Å². The molecule has 6 nitrogen and oxygen atoms in total. The van der Waals surface area contributed by atoms with Crippen LogP contribution in [0.2, 0.25) is 0 Å². The minimum atomic E-state index is -0.251. The highest BCUT2D eigenvalue weighted by molar-refractivity contribution is 7.15. The summed E-state index contributed by atoms with van der Waals surface area (Å²) >= 11 is 1.37. The number of benzene rings is 1. The molecule has 0 unspecified atom stereocenters. The first-order valence-electron chi connectivity index (χ1n) is 7.78. The van der Waals surface area contributed by atoms with Crippen molar-refractivity contribution >= 4 is 28.5 Å².